The third kappa shape index (κ3) is 3.87. The number of para-hydroxylation sites is 1. The second-order valence-corrected chi connectivity index (χ2v) is 8.09. The van der Waals surface area contributed by atoms with Crippen molar-refractivity contribution in [3.63, 3.8) is 0 Å². The van der Waals surface area contributed by atoms with Crippen molar-refractivity contribution in [3.05, 3.63) is 83.0 Å². The lowest BCUT2D eigenvalue weighted by atomic mass is 9.97. The molecule has 1 aliphatic heterocycles. The molecule has 0 aliphatic carbocycles. The smallest absolute Gasteiger partial charge is 0.272 e. The molecule has 3 heterocycles. The Kier molecular flexibility index (Phi) is 5.40. The third-order valence-corrected chi connectivity index (χ3v) is 5.89. The number of rotatable bonds is 4. The lowest BCUT2D eigenvalue weighted by Gasteiger charge is -2.31. The van der Waals surface area contributed by atoms with Gasteiger partial charge >= 0.3 is 0 Å². The highest BCUT2D eigenvalue weighted by Crippen LogP contribution is 2.29. The summed E-state index contributed by atoms with van der Waals surface area (Å²) in [6.45, 7) is 1.09. The molecule has 9 heteroatoms. The molecule has 32 heavy (non-hydrogen) atoms. The van der Waals surface area contributed by atoms with E-state index in [2.05, 4.69) is 15.1 Å². The van der Waals surface area contributed by atoms with Gasteiger partial charge in [-0.15, -0.1) is 0 Å². The second kappa shape index (κ2) is 8.51. The number of hydrogen-bond acceptors (Lipinski definition) is 5. The number of nitrogens with one attached hydrogen (secondary N) is 1. The number of benzene rings is 2. The normalized spacial score (nSPS) is 16.3. The predicted molar refractivity (Wildman–Crippen MR) is 119 cm³/mol. The van der Waals surface area contributed by atoms with Crippen LogP contribution < -0.4 is 0 Å². The first kappa shape index (κ1) is 20.3. The number of nitrogens with zero attached hydrogens (tertiary/aromatic N) is 4. The van der Waals surface area contributed by atoms with E-state index in [9.17, 15) is 9.18 Å². The summed E-state index contributed by atoms with van der Waals surface area (Å²) in [6, 6.07) is 15.6. The van der Waals surface area contributed by atoms with Crippen LogP contribution in [0.1, 0.15) is 35.1 Å². The van der Waals surface area contributed by atoms with Gasteiger partial charge in [0.25, 0.3) is 5.91 Å². The second-order valence-electron chi connectivity index (χ2n) is 7.71. The van der Waals surface area contributed by atoms with E-state index in [1.165, 1.54) is 12.1 Å². The molecule has 1 atom stereocenters. The van der Waals surface area contributed by atoms with Gasteiger partial charge < -0.3 is 14.4 Å². The number of hydrogen-bond donors (Lipinski definition) is 1. The molecule has 7 nitrogen and oxygen atoms in total. The average molecular weight is 450 g/mol. The minimum Gasteiger partial charge on any atom is -0.339 e. The van der Waals surface area contributed by atoms with E-state index in [1.54, 1.807) is 27.8 Å². The highest BCUT2D eigenvalue weighted by atomic mass is 32.1. The Morgan fingerprint density at radius 2 is 2.03 bits per heavy atom. The van der Waals surface area contributed by atoms with Gasteiger partial charge in [-0.05, 0) is 49.3 Å². The van der Waals surface area contributed by atoms with Crippen molar-refractivity contribution in [3.8, 4) is 17.1 Å². The van der Waals surface area contributed by atoms with Crippen molar-refractivity contribution in [1.82, 2.24) is 24.6 Å². The Balaban J connectivity index is 1.38. The van der Waals surface area contributed by atoms with Crippen LogP contribution in [0.5, 0.6) is 0 Å². The number of aromatic amines is 1. The molecule has 4 aromatic rings. The van der Waals surface area contributed by atoms with E-state index in [1.807, 2.05) is 30.3 Å². The van der Waals surface area contributed by atoms with E-state index < -0.39 is 0 Å². The Labute approximate surface area is 188 Å². The maximum absolute atomic E-state index is 13.5. The number of aromatic nitrogens is 4. The Bertz CT molecular complexity index is 1310. The summed E-state index contributed by atoms with van der Waals surface area (Å²) in [4.78, 5) is 22.6. The van der Waals surface area contributed by atoms with E-state index in [0.717, 1.165) is 18.5 Å². The van der Waals surface area contributed by atoms with Gasteiger partial charge in [-0.2, -0.15) is 4.98 Å². The summed E-state index contributed by atoms with van der Waals surface area (Å²) in [7, 11) is 0. The van der Waals surface area contributed by atoms with Crippen molar-refractivity contribution in [2.45, 2.75) is 18.8 Å². The highest BCUT2D eigenvalue weighted by molar-refractivity contribution is 7.71. The number of imidazole rings is 1. The van der Waals surface area contributed by atoms with Crippen molar-refractivity contribution in [2.24, 2.45) is 0 Å². The summed E-state index contributed by atoms with van der Waals surface area (Å²) in [5, 5.41) is 4.01. The Morgan fingerprint density at radius 3 is 2.84 bits per heavy atom. The summed E-state index contributed by atoms with van der Waals surface area (Å²) in [5.41, 5.74) is 1.86. The Morgan fingerprint density at radius 1 is 1.19 bits per heavy atom. The van der Waals surface area contributed by atoms with Crippen molar-refractivity contribution >= 4 is 18.1 Å². The van der Waals surface area contributed by atoms with Crippen LogP contribution in [-0.2, 0) is 0 Å². The molecule has 0 spiro atoms. The fourth-order valence-corrected chi connectivity index (χ4v) is 4.29. The van der Waals surface area contributed by atoms with Crippen LogP contribution in [0.15, 0.2) is 65.3 Å². The minimum atomic E-state index is -0.359. The molecule has 0 radical (unpaired) electrons. The van der Waals surface area contributed by atoms with E-state index in [0.29, 0.717) is 40.8 Å². The lowest BCUT2D eigenvalue weighted by Crippen LogP contribution is -2.40. The monoisotopic (exact) mass is 449 g/mol. The minimum absolute atomic E-state index is 0.0883. The number of carbonyl (C=O) groups excluding carboxylic acids is 1. The topological polar surface area (TPSA) is 80.0 Å². The van der Waals surface area contributed by atoms with Gasteiger partial charge in [-0.1, -0.05) is 35.5 Å². The van der Waals surface area contributed by atoms with Crippen molar-refractivity contribution < 1.29 is 13.7 Å². The highest BCUT2D eigenvalue weighted by Gasteiger charge is 2.30. The molecule has 1 amide bonds. The van der Waals surface area contributed by atoms with Crippen molar-refractivity contribution in [1.29, 1.82) is 0 Å². The predicted octanol–water partition coefficient (Wildman–Crippen LogP) is 4.74. The zero-order chi connectivity index (χ0) is 22.1. The zero-order valence-corrected chi connectivity index (χ0v) is 17.9. The lowest BCUT2D eigenvalue weighted by molar-refractivity contribution is 0.0687. The van der Waals surface area contributed by atoms with Gasteiger partial charge in [0, 0.05) is 30.5 Å². The number of likely N-dealkylation sites (tertiary alicyclic amines) is 1. The van der Waals surface area contributed by atoms with Crippen LogP contribution in [0.25, 0.3) is 17.1 Å². The molecule has 1 unspecified atom stereocenters. The molecule has 1 aliphatic rings. The SMILES string of the molecule is O=C(c1c[nH]c(=S)n1-c1ccccc1)N1CCCC(c2nc(-c3cccc(F)c3)no2)C1. The first-order valence-corrected chi connectivity index (χ1v) is 10.8. The van der Waals surface area contributed by atoms with Gasteiger partial charge in [0.2, 0.25) is 11.7 Å². The molecule has 1 fully saturated rings. The summed E-state index contributed by atoms with van der Waals surface area (Å²) < 4.78 is 21.2. The molecule has 0 saturated carbocycles. The quantitative estimate of drug-likeness (QED) is 0.455. The summed E-state index contributed by atoms with van der Waals surface area (Å²) in [5.74, 6) is 0.231. The fraction of sp³-hybridized carbons (Fsp3) is 0.217. The average Bonchev–Trinajstić information content (AvgIpc) is 3.47. The number of piperidine rings is 1. The summed E-state index contributed by atoms with van der Waals surface area (Å²) in [6.07, 6.45) is 3.29. The number of halogens is 1. The van der Waals surface area contributed by atoms with E-state index in [4.69, 9.17) is 16.7 Å². The molecule has 162 valence electrons. The van der Waals surface area contributed by atoms with Crippen molar-refractivity contribution in [2.75, 3.05) is 13.1 Å². The fourth-order valence-electron chi connectivity index (χ4n) is 4.03. The molecule has 5 rings (SSSR count). The summed E-state index contributed by atoms with van der Waals surface area (Å²) >= 11 is 5.41. The van der Waals surface area contributed by atoms with Crippen LogP contribution in [0.3, 0.4) is 0 Å². The maximum Gasteiger partial charge on any atom is 0.272 e. The largest absolute Gasteiger partial charge is 0.339 e. The first-order valence-electron chi connectivity index (χ1n) is 10.3. The number of carbonyl (C=O) groups is 1. The molecular formula is C23H20FN5O2S. The number of H-pyrrole nitrogens is 1. The maximum atomic E-state index is 13.5. The van der Waals surface area contributed by atoms with Gasteiger partial charge in [0.1, 0.15) is 11.5 Å². The van der Waals surface area contributed by atoms with Crippen LogP contribution in [0.2, 0.25) is 0 Å². The molecule has 1 N–H and O–H groups in total. The van der Waals surface area contributed by atoms with Crippen LogP contribution in [0.4, 0.5) is 4.39 Å². The van der Waals surface area contributed by atoms with Gasteiger partial charge in [0.15, 0.2) is 4.77 Å². The zero-order valence-electron chi connectivity index (χ0n) is 17.1. The molecule has 0 bridgehead atoms. The third-order valence-electron chi connectivity index (χ3n) is 5.59. The van der Waals surface area contributed by atoms with Gasteiger partial charge in [-0.25, -0.2) is 4.39 Å². The Hall–Kier alpha value is -3.59. The standard InChI is InChI=1S/C23H20FN5O2S/c24-17-8-4-6-15(12-17)20-26-21(31-27-20)16-7-5-11-28(14-16)22(30)19-13-25-23(32)29(19)18-9-2-1-3-10-18/h1-4,6,8-10,12-13,16H,5,7,11,14H2,(H,25,32). The number of amides is 1. The molecule has 1 saturated heterocycles. The first-order chi connectivity index (χ1) is 15.6. The van der Waals surface area contributed by atoms with Crippen LogP contribution in [0, 0.1) is 10.6 Å². The van der Waals surface area contributed by atoms with Gasteiger partial charge in [-0.3, -0.25) is 9.36 Å². The molecular weight excluding hydrogens is 429 g/mol. The molecule has 2 aromatic heterocycles. The van der Waals surface area contributed by atoms with E-state index >= 15 is 0 Å². The van der Waals surface area contributed by atoms with Crippen LogP contribution >= 0.6 is 12.2 Å². The van der Waals surface area contributed by atoms with Crippen LogP contribution in [-0.4, -0.2) is 43.6 Å². The van der Waals surface area contributed by atoms with Gasteiger partial charge in [0.05, 0.1) is 5.92 Å². The molecule has 2 aromatic carbocycles. The van der Waals surface area contributed by atoms with E-state index in [-0.39, 0.29) is 17.6 Å².